The number of carbonyl (C=O) groups is 1. The highest BCUT2D eigenvalue weighted by atomic mass is 35.5. The van der Waals surface area contributed by atoms with E-state index in [1.807, 2.05) is 18.2 Å². The van der Waals surface area contributed by atoms with Crippen LogP contribution in [0.15, 0.2) is 42.5 Å². The average molecular weight is 286 g/mol. The summed E-state index contributed by atoms with van der Waals surface area (Å²) in [6, 6.07) is 12.9. The lowest BCUT2D eigenvalue weighted by molar-refractivity contribution is 0.103. The van der Waals surface area contributed by atoms with Crippen molar-refractivity contribution < 1.29 is 4.79 Å². The van der Waals surface area contributed by atoms with Crippen LogP contribution in [0.25, 0.3) is 0 Å². The van der Waals surface area contributed by atoms with Crippen molar-refractivity contribution >= 4 is 23.1 Å². The summed E-state index contributed by atoms with van der Waals surface area (Å²) in [5.74, 6) is 0.522. The fourth-order valence-corrected chi connectivity index (χ4v) is 2.92. The van der Waals surface area contributed by atoms with Crippen LogP contribution in [0.1, 0.15) is 46.7 Å². The number of halogens is 1. The predicted octanol–water partition coefficient (Wildman–Crippen LogP) is 4.42. The Morgan fingerprint density at radius 1 is 1.15 bits per heavy atom. The Labute approximate surface area is 123 Å². The summed E-state index contributed by atoms with van der Waals surface area (Å²) in [6.07, 6.45) is 3.58. The fourth-order valence-electron chi connectivity index (χ4n) is 2.68. The van der Waals surface area contributed by atoms with Crippen molar-refractivity contribution in [1.29, 1.82) is 0 Å². The van der Waals surface area contributed by atoms with Crippen molar-refractivity contribution in [3.8, 4) is 0 Å². The molecule has 0 spiro atoms. The maximum atomic E-state index is 12.7. The number of hydrogen-bond donors (Lipinski definition) is 1. The molecule has 0 heterocycles. The Bertz CT molecular complexity index is 642. The Morgan fingerprint density at radius 2 is 1.90 bits per heavy atom. The minimum Gasteiger partial charge on any atom is -0.399 e. The van der Waals surface area contributed by atoms with Crippen LogP contribution < -0.4 is 5.73 Å². The van der Waals surface area contributed by atoms with Crippen molar-refractivity contribution in [2.24, 2.45) is 0 Å². The summed E-state index contributed by atoms with van der Waals surface area (Å²) in [5.41, 5.74) is 8.78. The van der Waals surface area contributed by atoms with E-state index in [1.165, 1.54) is 19.3 Å². The number of rotatable bonds is 3. The average Bonchev–Trinajstić information content (AvgIpc) is 2.35. The molecular weight excluding hydrogens is 270 g/mol. The molecule has 2 nitrogen and oxygen atoms in total. The highest BCUT2D eigenvalue weighted by Gasteiger charge is 2.24. The first-order valence-electron chi connectivity index (χ1n) is 6.85. The molecule has 0 radical (unpaired) electrons. The molecule has 2 aromatic carbocycles. The van der Waals surface area contributed by atoms with Crippen molar-refractivity contribution in [2.45, 2.75) is 25.2 Å². The van der Waals surface area contributed by atoms with Crippen LogP contribution >= 0.6 is 11.6 Å². The molecule has 0 bridgehead atoms. The highest BCUT2D eigenvalue weighted by Crippen LogP contribution is 2.38. The van der Waals surface area contributed by atoms with Crippen LogP contribution in [0, 0.1) is 0 Å². The number of nitrogens with two attached hydrogens (primary N) is 1. The van der Waals surface area contributed by atoms with Gasteiger partial charge < -0.3 is 5.73 Å². The molecule has 0 aliphatic heterocycles. The normalized spacial score (nSPS) is 14.8. The second kappa shape index (κ2) is 5.29. The van der Waals surface area contributed by atoms with Gasteiger partial charge in [-0.25, -0.2) is 0 Å². The van der Waals surface area contributed by atoms with Gasteiger partial charge in [-0.05, 0) is 42.5 Å². The fraction of sp³-hybridized carbons (Fsp3) is 0.235. The first-order chi connectivity index (χ1) is 9.65. The Morgan fingerprint density at radius 3 is 2.55 bits per heavy atom. The maximum absolute atomic E-state index is 12.7. The minimum absolute atomic E-state index is 0.00157. The molecule has 2 N–H and O–H groups in total. The Hall–Kier alpha value is -1.80. The van der Waals surface area contributed by atoms with Gasteiger partial charge in [-0.1, -0.05) is 42.3 Å². The molecule has 0 atom stereocenters. The number of hydrogen-bond acceptors (Lipinski definition) is 2. The van der Waals surface area contributed by atoms with Gasteiger partial charge in [0.15, 0.2) is 5.78 Å². The molecule has 0 amide bonds. The lowest BCUT2D eigenvalue weighted by Crippen LogP contribution is -2.14. The topological polar surface area (TPSA) is 43.1 Å². The Kier molecular flexibility index (Phi) is 3.49. The van der Waals surface area contributed by atoms with Crippen LogP contribution in [0.3, 0.4) is 0 Å². The summed E-state index contributed by atoms with van der Waals surface area (Å²) in [7, 11) is 0. The van der Waals surface area contributed by atoms with Crippen LogP contribution in [-0.2, 0) is 0 Å². The van der Waals surface area contributed by atoms with Gasteiger partial charge in [-0.2, -0.15) is 0 Å². The van der Waals surface area contributed by atoms with E-state index in [0.29, 0.717) is 22.2 Å². The largest absolute Gasteiger partial charge is 0.399 e. The van der Waals surface area contributed by atoms with Crippen molar-refractivity contribution in [2.75, 3.05) is 5.73 Å². The minimum atomic E-state index is 0.00157. The van der Waals surface area contributed by atoms with Gasteiger partial charge in [0, 0.05) is 21.8 Å². The smallest absolute Gasteiger partial charge is 0.193 e. The number of carbonyl (C=O) groups excluding carboxylic acids is 1. The first kappa shape index (κ1) is 13.2. The third-order valence-corrected chi connectivity index (χ3v) is 4.15. The van der Waals surface area contributed by atoms with E-state index >= 15 is 0 Å². The van der Waals surface area contributed by atoms with Crippen LogP contribution in [0.2, 0.25) is 5.02 Å². The van der Waals surface area contributed by atoms with Gasteiger partial charge in [-0.15, -0.1) is 0 Å². The zero-order valence-corrected chi connectivity index (χ0v) is 11.9. The van der Waals surface area contributed by atoms with Crippen molar-refractivity contribution in [3.05, 3.63) is 64.2 Å². The van der Waals surface area contributed by atoms with Gasteiger partial charge in [0.2, 0.25) is 0 Å². The summed E-state index contributed by atoms with van der Waals surface area (Å²) in [5, 5.41) is 0.495. The van der Waals surface area contributed by atoms with E-state index < -0.39 is 0 Å². The van der Waals surface area contributed by atoms with Crippen LogP contribution in [-0.4, -0.2) is 5.78 Å². The van der Waals surface area contributed by atoms with E-state index in [9.17, 15) is 4.79 Å². The van der Waals surface area contributed by atoms with E-state index in [2.05, 4.69) is 6.07 Å². The maximum Gasteiger partial charge on any atom is 0.193 e. The molecule has 1 aliphatic rings. The molecule has 1 fully saturated rings. The van der Waals surface area contributed by atoms with E-state index in [-0.39, 0.29) is 5.78 Å². The molecule has 2 aromatic rings. The zero-order valence-electron chi connectivity index (χ0n) is 11.1. The Balaban J connectivity index is 2.01. The van der Waals surface area contributed by atoms with Crippen molar-refractivity contribution in [3.63, 3.8) is 0 Å². The summed E-state index contributed by atoms with van der Waals surface area (Å²) >= 11 is 5.99. The molecule has 0 saturated heterocycles. The summed E-state index contributed by atoms with van der Waals surface area (Å²) in [4.78, 5) is 12.7. The first-order valence-corrected chi connectivity index (χ1v) is 7.22. The van der Waals surface area contributed by atoms with Gasteiger partial charge in [0.1, 0.15) is 0 Å². The highest BCUT2D eigenvalue weighted by molar-refractivity contribution is 6.31. The molecule has 3 rings (SSSR count). The number of benzene rings is 2. The molecule has 0 unspecified atom stereocenters. The van der Waals surface area contributed by atoms with Crippen LogP contribution in [0.5, 0.6) is 0 Å². The standard InChI is InChI=1S/C17H16ClNO/c18-13-8-12(9-14(19)10-13)17(20)16-7-2-1-6-15(16)11-4-3-5-11/h1-2,6-11H,3-5,19H2. The molecule has 20 heavy (non-hydrogen) atoms. The van der Waals surface area contributed by atoms with Gasteiger partial charge in [-0.3, -0.25) is 4.79 Å². The summed E-state index contributed by atoms with van der Waals surface area (Å²) in [6.45, 7) is 0. The van der Waals surface area contributed by atoms with E-state index in [1.54, 1.807) is 18.2 Å². The van der Waals surface area contributed by atoms with E-state index in [0.717, 1.165) is 11.1 Å². The molecule has 1 aliphatic carbocycles. The quantitative estimate of drug-likeness (QED) is 0.670. The second-order valence-electron chi connectivity index (χ2n) is 5.32. The third-order valence-electron chi connectivity index (χ3n) is 3.93. The van der Waals surface area contributed by atoms with Gasteiger partial charge in [0.05, 0.1) is 0 Å². The number of nitrogen functional groups attached to an aromatic ring is 1. The SMILES string of the molecule is Nc1cc(Cl)cc(C(=O)c2ccccc2C2CCC2)c1. The molecule has 1 saturated carbocycles. The van der Waals surface area contributed by atoms with Crippen LogP contribution in [0.4, 0.5) is 5.69 Å². The monoisotopic (exact) mass is 285 g/mol. The second-order valence-corrected chi connectivity index (χ2v) is 5.75. The number of anilines is 1. The van der Waals surface area contributed by atoms with Crippen molar-refractivity contribution in [1.82, 2.24) is 0 Å². The zero-order chi connectivity index (χ0) is 14.1. The summed E-state index contributed by atoms with van der Waals surface area (Å²) < 4.78 is 0. The van der Waals surface area contributed by atoms with Gasteiger partial charge in [0.25, 0.3) is 0 Å². The molecule has 102 valence electrons. The lowest BCUT2D eigenvalue weighted by atomic mass is 9.77. The molecular formula is C17H16ClNO. The number of ketones is 1. The van der Waals surface area contributed by atoms with Gasteiger partial charge >= 0.3 is 0 Å². The molecule has 0 aromatic heterocycles. The lowest BCUT2D eigenvalue weighted by Gasteiger charge is -2.27. The third kappa shape index (κ3) is 2.44. The van der Waals surface area contributed by atoms with E-state index in [4.69, 9.17) is 17.3 Å². The molecule has 3 heteroatoms. The predicted molar refractivity (Wildman–Crippen MR) is 82.3 cm³/mol.